The van der Waals surface area contributed by atoms with E-state index < -0.39 is 6.10 Å². The number of aromatic nitrogens is 1. The maximum absolute atomic E-state index is 12.3. The van der Waals surface area contributed by atoms with Crippen LogP contribution in [-0.4, -0.2) is 29.4 Å². The summed E-state index contributed by atoms with van der Waals surface area (Å²) in [5.41, 5.74) is 0.690. The van der Waals surface area contributed by atoms with Crippen molar-refractivity contribution in [3.63, 3.8) is 0 Å². The third-order valence-corrected chi connectivity index (χ3v) is 4.10. The van der Waals surface area contributed by atoms with Crippen molar-refractivity contribution in [3.05, 3.63) is 47.1 Å². The van der Waals surface area contributed by atoms with Gasteiger partial charge < -0.3 is 15.0 Å². The molecule has 1 N–H and O–H groups in total. The molecule has 1 aromatic heterocycles. The number of halogens is 1. The second kappa shape index (κ2) is 7.00. The molecule has 0 radical (unpaired) electrons. The SMILES string of the molecule is C[C@@H]1Oc2ccccc2N(CCC(=O)Nc2ccc(Br)cn2)C1=O. The van der Waals surface area contributed by atoms with E-state index in [0.29, 0.717) is 17.3 Å². The average molecular weight is 390 g/mol. The number of hydrogen-bond donors (Lipinski definition) is 1. The predicted molar refractivity (Wildman–Crippen MR) is 94.1 cm³/mol. The molecule has 1 aromatic carbocycles. The van der Waals surface area contributed by atoms with Gasteiger partial charge in [0.25, 0.3) is 5.91 Å². The molecule has 1 atom stereocenters. The van der Waals surface area contributed by atoms with Gasteiger partial charge in [0.2, 0.25) is 5.91 Å². The van der Waals surface area contributed by atoms with E-state index in [-0.39, 0.29) is 24.8 Å². The highest BCUT2D eigenvalue weighted by Crippen LogP contribution is 2.33. The van der Waals surface area contributed by atoms with Crippen LogP contribution in [-0.2, 0) is 9.59 Å². The molecule has 2 heterocycles. The van der Waals surface area contributed by atoms with Crippen molar-refractivity contribution in [2.24, 2.45) is 0 Å². The summed E-state index contributed by atoms with van der Waals surface area (Å²) in [6.07, 6.45) is 1.22. The number of hydrogen-bond acceptors (Lipinski definition) is 4. The Kier molecular flexibility index (Phi) is 4.80. The topological polar surface area (TPSA) is 71.5 Å². The molecule has 1 aliphatic heterocycles. The van der Waals surface area contributed by atoms with Gasteiger partial charge in [-0.05, 0) is 47.1 Å². The molecule has 0 saturated carbocycles. The largest absolute Gasteiger partial charge is 0.479 e. The van der Waals surface area contributed by atoms with Crippen molar-refractivity contribution in [3.8, 4) is 5.75 Å². The lowest BCUT2D eigenvalue weighted by Crippen LogP contribution is -2.45. The Hall–Kier alpha value is -2.41. The first-order chi connectivity index (χ1) is 11.5. The Labute approximate surface area is 148 Å². The number of para-hydroxylation sites is 2. The highest BCUT2D eigenvalue weighted by atomic mass is 79.9. The zero-order chi connectivity index (χ0) is 17.1. The van der Waals surface area contributed by atoms with Crippen molar-refractivity contribution in [1.29, 1.82) is 0 Å². The van der Waals surface area contributed by atoms with Crippen molar-refractivity contribution >= 4 is 39.2 Å². The molecular formula is C17H16BrN3O3. The van der Waals surface area contributed by atoms with Gasteiger partial charge in [0.05, 0.1) is 5.69 Å². The van der Waals surface area contributed by atoms with E-state index in [9.17, 15) is 9.59 Å². The van der Waals surface area contributed by atoms with E-state index in [4.69, 9.17) is 4.74 Å². The number of nitrogens with one attached hydrogen (secondary N) is 1. The van der Waals surface area contributed by atoms with Crippen LogP contribution < -0.4 is 15.0 Å². The Morgan fingerprint density at radius 2 is 2.12 bits per heavy atom. The summed E-state index contributed by atoms with van der Waals surface area (Å²) in [7, 11) is 0. The molecular weight excluding hydrogens is 374 g/mol. The Morgan fingerprint density at radius 1 is 1.33 bits per heavy atom. The molecule has 0 bridgehead atoms. The first-order valence-electron chi connectivity index (χ1n) is 7.53. The monoisotopic (exact) mass is 389 g/mol. The normalized spacial score (nSPS) is 16.3. The van der Waals surface area contributed by atoms with Gasteiger partial charge in [-0.2, -0.15) is 0 Å². The molecule has 124 valence electrons. The van der Waals surface area contributed by atoms with Crippen LogP contribution in [0.5, 0.6) is 5.75 Å². The summed E-state index contributed by atoms with van der Waals surface area (Å²) in [6.45, 7) is 1.99. The number of benzene rings is 1. The Bertz CT molecular complexity index is 764. The molecule has 0 saturated heterocycles. The van der Waals surface area contributed by atoms with E-state index in [0.717, 1.165) is 4.47 Å². The molecule has 24 heavy (non-hydrogen) atoms. The number of fused-ring (bicyclic) bond motifs is 1. The van der Waals surface area contributed by atoms with Crippen LogP contribution in [0, 0.1) is 0 Å². The minimum Gasteiger partial charge on any atom is -0.479 e. The first kappa shape index (κ1) is 16.4. The smallest absolute Gasteiger partial charge is 0.267 e. The number of carbonyl (C=O) groups excluding carboxylic acids is 2. The number of ether oxygens (including phenoxy) is 1. The third-order valence-electron chi connectivity index (χ3n) is 3.63. The summed E-state index contributed by atoms with van der Waals surface area (Å²) in [6, 6.07) is 10.8. The van der Waals surface area contributed by atoms with Crippen LogP contribution in [0.25, 0.3) is 0 Å². The summed E-state index contributed by atoms with van der Waals surface area (Å²) >= 11 is 3.29. The van der Waals surface area contributed by atoms with Crippen molar-refractivity contribution in [2.75, 3.05) is 16.8 Å². The fourth-order valence-corrected chi connectivity index (χ4v) is 2.69. The van der Waals surface area contributed by atoms with Crippen LogP contribution in [0.2, 0.25) is 0 Å². The second-order valence-corrected chi connectivity index (χ2v) is 6.29. The van der Waals surface area contributed by atoms with Crippen molar-refractivity contribution in [1.82, 2.24) is 4.98 Å². The number of pyridine rings is 1. The van der Waals surface area contributed by atoms with E-state index in [1.54, 1.807) is 30.2 Å². The minimum atomic E-state index is -0.559. The Balaban J connectivity index is 1.66. The lowest BCUT2D eigenvalue weighted by Gasteiger charge is -2.32. The highest BCUT2D eigenvalue weighted by Gasteiger charge is 2.31. The molecule has 2 amide bonds. The summed E-state index contributed by atoms with van der Waals surface area (Å²) in [5.74, 6) is 0.780. The number of rotatable bonds is 4. The molecule has 0 unspecified atom stereocenters. The van der Waals surface area contributed by atoms with Crippen LogP contribution in [0.4, 0.5) is 11.5 Å². The van der Waals surface area contributed by atoms with Gasteiger partial charge in [-0.3, -0.25) is 9.59 Å². The van der Waals surface area contributed by atoms with Crippen LogP contribution in [0.3, 0.4) is 0 Å². The molecule has 1 aliphatic rings. The van der Waals surface area contributed by atoms with Gasteiger partial charge >= 0.3 is 0 Å². The standard InChI is InChI=1S/C17H16BrN3O3/c1-11-17(23)21(13-4-2-3-5-14(13)24-11)9-8-16(22)20-15-7-6-12(18)10-19-15/h2-7,10-11H,8-9H2,1H3,(H,19,20,22)/t11-/m0/s1. The molecule has 7 heteroatoms. The van der Waals surface area contributed by atoms with Gasteiger partial charge in [-0.15, -0.1) is 0 Å². The van der Waals surface area contributed by atoms with Gasteiger partial charge in [0.1, 0.15) is 11.6 Å². The maximum atomic E-state index is 12.3. The maximum Gasteiger partial charge on any atom is 0.267 e. The lowest BCUT2D eigenvalue weighted by atomic mass is 10.1. The first-order valence-corrected chi connectivity index (χ1v) is 8.32. The summed E-state index contributed by atoms with van der Waals surface area (Å²) < 4.78 is 6.42. The molecule has 6 nitrogen and oxygen atoms in total. The average Bonchev–Trinajstić information content (AvgIpc) is 2.57. The van der Waals surface area contributed by atoms with E-state index in [1.165, 1.54) is 0 Å². The molecule has 3 rings (SSSR count). The van der Waals surface area contributed by atoms with Gasteiger partial charge in [-0.25, -0.2) is 4.98 Å². The van der Waals surface area contributed by atoms with Gasteiger partial charge in [0, 0.05) is 23.6 Å². The van der Waals surface area contributed by atoms with Crippen LogP contribution >= 0.6 is 15.9 Å². The fraction of sp³-hybridized carbons (Fsp3) is 0.235. The predicted octanol–water partition coefficient (Wildman–Crippen LogP) is 2.99. The van der Waals surface area contributed by atoms with Gasteiger partial charge in [0.15, 0.2) is 6.10 Å². The highest BCUT2D eigenvalue weighted by molar-refractivity contribution is 9.10. The third kappa shape index (κ3) is 3.56. The van der Waals surface area contributed by atoms with Crippen LogP contribution in [0.15, 0.2) is 47.1 Å². The van der Waals surface area contributed by atoms with Crippen LogP contribution in [0.1, 0.15) is 13.3 Å². The zero-order valence-electron chi connectivity index (χ0n) is 13.0. The Morgan fingerprint density at radius 3 is 2.88 bits per heavy atom. The van der Waals surface area contributed by atoms with Gasteiger partial charge in [-0.1, -0.05) is 12.1 Å². The lowest BCUT2D eigenvalue weighted by molar-refractivity contribution is -0.125. The van der Waals surface area contributed by atoms with E-state index >= 15 is 0 Å². The number of anilines is 2. The zero-order valence-corrected chi connectivity index (χ0v) is 14.6. The summed E-state index contributed by atoms with van der Waals surface area (Å²) in [4.78, 5) is 30.1. The second-order valence-electron chi connectivity index (χ2n) is 5.38. The molecule has 2 aromatic rings. The number of nitrogens with zero attached hydrogens (tertiary/aromatic N) is 2. The number of amides is 2. The van der Waals surface area contributed by atoms with E-state index in [1.807, 2.05) is 24.3 Å². The molecule has 0 aliphatic carbocycles. The number of carbonyl (C=O) groups is 2. The van der Waals surface area contributed by atoms with Crippen molar-refractivity contribution in [2.45, 2.75) is 19.4 Å². The quantitative estimate of drug-likeness (QED) is 0.872. The molecule has 0 spiro atoms. The van der Waals surface area contributed by atoms with E-state index in [2.05, 4.69) is 26.2 Å². The van der Waals surface area contributed by atoms with Crippen molar-refractivity contribution < 1.29 is 14.3 Å². The molecule has 0 fully saturated rings. The summed E-state index contributed by atoms with van der Waals surface area (Å²) in [5, 5.41) is 2.72. The minimum absolute atomic E-state index is 0.150. The fourth-order valence-electron chi connectivity index (χ4n) is 2.46.